The number of carbonyl (C=O) groups excluding carboxylic acids is 2. The molecular formula is C29H39N3O5. The first-order valence-electron chi connectivity index (χ1n) is 13.0. The minimum Gasteiger partial charge on any atom is -0.497 e. The predicted molar refractivity (Wildman–Crippen MR) is 143 cm³/mol. The summed E-state index contributed by atoms with van der Waals surface area (Å²) in [5.74, 6) is 1.45. The van der Waals surface area contributed by atoms with E-state index >= 15 is 0 Å². The number of carbonyl (C=O) groups is 2. The number of hydrogen-bond donors (Lipinski definition) is 1. The number of methoxy groups -OCH3 is 2. The molecule has 1 aliphatic carbocycles. The van der Waals surface area contributed by atoms with Crippen LogP contribution in [0.1, 0.15) is 42.6 Å². The topological polar surface area (TPSA) is 80.3 Å². The van der Waals surface area contributed by atoms with Crippen LogP contribution < -0.4 is 14.8 Å². The summed E-state index contributed by atoms with van der Waals surface area (Å²) in [6, 6.07) is 13.5. The molecule has 0 radical (unpaired) electrons. The predicted octanol–water partition coefficient (Wildman–Crippen LogP) is 4.05. The first kappa shape index (κ1) is 26.9. The molecule has 8 nitrogen and oxygen atoms in total. The summed E-state index contributed by atoms with van der Waals surface area (Å²) in [5.41, 5.74) is 2.23. The number of anilines is 1. The van der Waals surface area contributed by atoms with Gasteiger partial charge in [-0.15, -0.1) is 0 Å². The Morgan fingerprint density at radius 3 is 2.46 bits per heavy atom. The smallest absolute Gasteiger partial charge is 0.257 e. The summed E-state index contributed by atoms with van der Waals surface area (Å²) in [6.07, 6.45) is 1.70. The summed E-state index contributed by atoms with van der Waals surface area (Å²) in [5, 5.41) is 2.95. The number of hydrogen-bond acceptors (Lipinski definition) is 6. The Morgan fingerprint density at radius 1 is 1.08 bits per heavy atom. The second-order valence-electron chi connectivity index (χ2n) is 10.3. The van der Waals surface area contributed by atoms with E-state index in [2.05, 4.69) is 36.2 Å². The third-order valence-electron chi connectivity index (χ3n) is 7.33. The molecular weight excluding hydrogens is 470 g/mol. The minimum absolute atomic E-state index is 0.00546. The number of ether oxygens (including phenoxy) is 3. The van der Waals surface area contributed by atoms with E-state index in [9.17, 15) is 9.59 Å². The second-order valence-corrected chi connectivity index (χ2v) is 10.3. The van der Waals surface area contributed by atoms with Crippen molar-refractivity contribution in [2.75, 3.05) is 46.3 Å². The molecule has 0 saturated heterocycles. The van der Waals surface area contributed by atoms with Gasteiger partial charge in [0.1, 0.15) is 18.1 Å². The SMILES string of the molecule is COc1ccc(CN2C[C@@H](C)[C@H](OC)CN(C)C(=O)c3cc(NC(=O)C4CC4)ccc3OC[C@@H]2C)cc1. The summed E-state index contributed by atoms with van der Waals surface area (Å²) in [7, 11) is 5.15. The summed E-state index contributed by atoms with van der Waals surface area (Å²) >= 11 is 0. The van der Waals surface area contributed by atoms with E-state index in [4.69, 9.17) is 14.2 Å². The lowest BCUT2D eigenvalue weighted by molar-refractivity contribution is -0.117. The standard InChI is InChI=1S/C29H39N3O5/c1-19-15-32(16-21-6-11-24(35-4)12-7-21)20(2)18-37-26-13-10-23(30-28(33)22-8-9-22)14-25(26)29(34)31(3)17-27(19)36-5/h6-7,10-14,19-20,22,27H,8-9,15-18H2,1-5H3,(H,30,33)/t19-,20+,27-/m1/s1. The molecule has 1 heterocycles. The van der Waals surface area contributed by atoms with E-state index in [0.29, 0.717) is 30.2 Å². The number of nitrogens with zero attached hydrogens (tertiary/aromatic N) is 2. The van der Waals surface area contributed by atoms with Crippen LogP contribution >= 0.6 is 0 Å². The first-order valence-corrected chi connectivity index (χ1v) is 13.0. The Kier molecular flexibility index (Phi) is 8.71. The molecule has 2 aromatic rings. The molecule has 200 valence electrons. The van der Waals surface area contributed by atoms with Gasteiger partial charge >= 0.3 is 0 Å². The number of amides is 2. The minimum atomic E-state index is -0.157. The van der Waals surface area contributed by atoms with Crippen molar-refractivity contribution in [2.24, 2.45) is 11.8 Å². The molecule has 1 N–H and O–H groups in total. The van der Waals surface area contributed by atoms with Gasteiger partial charge in [0.25, 0.3) is 5.91 Å². The van der Waals surface area contributed by atoms with E-state index < -0.39 is 0 Å². The Balaban J connectivity index is 1.60. The van der Waals surface area contributed by atoms with Crippen LogP contribution in [0.25, 0.3) is 0 Å². The van der Waals surface area contributed by atoms with Crippen LogP contribution in [0, 0.1) is 11.8 Å². The Labute approximate surface area is 219 Å². The van der Waals surface area contributed by atoms with E-state index in [1.807, 2.05) is 12.1 Å². The fraction of sp³-hybridized carbons (Fsp3) is 0.517. The van der Waals surface area contributed by atoms with Crippen LogP contribution in [0.15, 0.2) is 42.5 Å². The van der Waals surface area contributed by atoms with Gasteiger partial charge in [0, 0.05) is 51.4 Å². The van der Waals surface area contributed by atoms with Gasteiger partial charge in [-0.05, 0) is 61.6 Å². The van der Waals surface area contributed by atoms with Gasteiger partial charge in [-0.1, -0.05) is 19.1 Å². The largest absolute Gasteiger partial charge is 0.497 e. The highest BCUT2D eigenvalue weighted by molar-refractivity contribution is 6.00. The Bertz CT molecular complexity index is 1090. The third-order valence-corrected chi connectivity index (χ3v) is 7.33. The monoisotopic (exact) mass is 509 g/mol. The van der Waals surface area contributed by atoms with Crippen LogP contribution in [0.4, 0.5) is 5.69 Å². The number of rotatable bonds is 6. The number of likely N-dealkylation sites (N-methyl/N-ethyl adjacent to an activating group) is 1. The number of nitrogens with one attached hydrogen (secondary N) is 1. The molecule has 0 spiro atoms. The lowest BCUT2D eigenvalue weighted by atomic mass is 10.0. The lowest BCUT2D eigenvalue weighted by Crippen LogP contribution is -2.46. The zero-order valence-electron chi connectivity index (χ0n) is 22.5. The molecule has 3 atom stereocenters. The maximum atomic E-state index is 13.5. The number of benzene rings is 2. The van der Waals surface area contributed by atoms with Crippen molar-refractivity contribution in [1.29, 1.82) is 0 Å². The summed E-state index contributed by atoms with van der Waals surface area (Å²) in [6.45, 7) is 6.70. The molecule has 4 rings (SSSR count). The fourth-order valence-corrected chi connectivity index (χ4v) is 4.70. The maximum absolute atomic E-state index is 13.5. The normalized spacial score (nSPS) is 23.3. The van der Waals surface area contributed by atoms with Crippen molar-refractivity contribution in [3.05, 3.63) is 53.6 Å². The molecule has 0 bridgehead atoms. The van der Waals surface area contributed by atoms with Gasteiger partial charge in [-0.25, -0.2) is 0 Å². The van der Waals surface area contributed by atoms with Crippen molar-refractivity contribution < 1.29 is 23.8 Å². The van der Waals surface area contributed by atoms with Gasteiger partial charge in [-0.3, -0.25) is 14.5 Å². The molecule has 0 unspecified atom stereocenters. The van der Waals surface area contributed by atoms with Crippen LogP contribution in [0.2, 0.25) is 0 Å². The van der Waals surface area contributed by atoms with Gasteiger partial charge in [0.05, 0.1) is 18.8 Å². The fourth-order valence-electron chi connectivity index (χ4n) is 4.70. The van der Waals surface area contributed by atoms with Crippen LogP contribution in [-0.4, -0.2) is 74.7 Å². The van der Waals surface area contributed by atoms with Crippen molar-refractivity contribution in [3.63, 3.8) is 0 Å². The van der Waals surface area contributed by atoms with E-state index in [-0.39, 0.29) is 35.8 Å². The molecule has 8 heteroatoms. The molecule has 2 amide bonds. The third kappa shape index (κ3) is 6.81. The maximum Gasteiger partial charge on any atom is 0.257 e. The molecule has 0 aromatic heterocycles. The van der Waals surface area contributed by atoms with E-state index in [0.717, 1.165) is 31.7 Å². The lowest BCUT2D eigenvalue weighted by Gasteiger charge is -2.36. The van der Waals surface area contributed by atoms with Gasteiger partial charge < -0.3 is 24.4 Å². The Morgan fingerprint density at radius 2 is 1.81 bits per heavy atom. The van der Waals surface area contributed by atoms with Gasteiger partial charge in [0.2, 0.25) is 5.91 Å². The second kappa shape index (κ2) is 12.0. The zero-order valence-corrected chi connectivity index (χ0v) is 22.5. The van der Waals surface area contributed by atoms with E-state index in [1.165, 1.54) is 5.56 Å². The summed E-state index contributed by atoms with van der Waals surface area (Å²) in [4.78, 5) is 29.9. The molecule has 1 aliphatic heterocycles. The van der Waals surface area contributed by atoms with Gasteiger partial charge in [0.15, 0.2) is 0 Å². The average Bonchev–Trinajstić information content (AvgIpc) is 3.75. The highest BCUT2D eigenvalue weighted by Gasteiger charge is 2.31. The van der Waals surface area contributed by atoms with E-state index in [1.54, 1.807) is 44.4 Å². The quantitative estimate of drug-likeness (QED) is 0.633. The van der Waals surface area contributed by atoms with Crippen LogP contribution in [-0.2, 0) is 16.1 Å². The highest BCUT2D eigenvalue weighted by Crippen LogP contribution is 2.32. The number of fused-ring (bicyclic) bond motifs is 1. The molecule has 1 fully saturated rings. The molecule has 37 heavy (non-hydrogen) atoms. The highest BCUT2D eigenvalue weighted by atomic mass is 16.5. The van der Waals surface area contributed by atoms with Crippen LogP contribution in [0.3, 0.4) is 0 Å². The molecule has 2 aliphatic rings. The summed E-state index contributed by atoms with van der Waals surface area (Å²) < 4.78 is 17.4. The Hall–Kier alpha value is -3.10. The van der Waals surface area contributed by atoms with Crippen molar-refractivity contribution >= 4 is 17.5 Å². The zero-order chi connectivity index (χ0) is 26.5. The van der Waals surface area contributed by atoms with Crippen molar-refractivity contribution in [3.8, 4) is 11.5 Å². The van der Waals surface area contributed by atoms with Gasteiger partial charge in [-0.2, -0.15) is 0 Å². The molecule has 2 aromatic carbocycles. The van der Waals surface area contributed by atoms with Crippen molar-refractivity contribution in [1.82, 2.24) is 9.80 Å². The van der Waals surface area contributed by atoms with Crippen molar-refractivity contribution in [2.45, 2.75) is 45.4 Å². The average molecular weight is 510 g/mol. The van der Waals surface area contributed by atoms with Crippen LogP contribution in [0.5, 0.6) is 11.5 Å². The first-order chi connectivity index (χ1) is 17.8. The molecule has 1 saturated carbocycles.